The fourth-order valence-corrected chi connectivity index (χ4v) is 2.86. The molecule has 24 heavy (non-hydrogen) atoms. The number of hydrogen-bond donors (Lipinski definition) is 1. The van der Waals surface area contributed by atoms with Crippen molar-refractivity contribution in [2.24, 2.45) is 0 Å². The Morgan fingerprint density at radius 3 is 2.21 bits per heavy atom. The van der Waals surface area contributed by atoms with Crippen molar-refractivity contribution in [2.45, 2.75) is 45.3 Å². The predicted molar refractivity (Wildman–Crippen MR) is 94.7 cm³/mol. The number of rotatable bonds is 2. The van der Waals surface area contributed by atoms with Crippen LogP contribution in [0, 0.1) is 0 Å². The molecule has 0 radical (unpaired) electrons. The van der Waals surface area contributed by atoms with Crippen molar-refractivity contribution < 1.29 is 14.3 Å². The largest absolute Gasteiger partial charge is 0.482 e. The van der Waals surface area contributed by atoms with Gasteiger partial charge in [0.2, 0.25) is 6.10 Å². The Labute approximate surface area is 142 Å². The van der Waals surface area contributed by atoms with Crippen LogP contribution < -0.4 is 14.8 Å². The molecule has 126 valence electrons. The van der Waals surface area contributed by atoms with E-state index < -0.39 is 6.10 Å². The molecule has 0 aliphatic carbocycles. The highest BCUT2D eigenvalue weighted by molar-refractivity contribution is 5.95. The first-order valence-corrected chi connectivity index (χ1v) is 8.19. The summed E-state index contributed by atoms with van der Waals surface area (Å²) in [6.45, 7) is 8.21. The van der Waals surface area contributed by atoms with Gasteiger partial charge in [0.05, 0.1) is 0 Å². The summed E-state index contributed by atoms with van der Waals surface area (Å²) in [6.07, 6.45) is -1.05. The third kappa shape index (κ3) is 3.23. The van der Waals surface area contributed by atoms with Crippen LogP contribution in [0.1, 0.15) is 33.3 Å². The van der Waals surface area contributed by atoms with Crippen molar-refractivity contribution in [1.29, 1.82) is 0 Å². The van der Waals surface area contributed by atoms with Crippen LogP contribution in [0.2, 0.25) is 0 Å². The van der Waals surface area contributed by atoms with Crippen LogP contribution in [-0.4, -0.2) is 18.1 Å². The number of amides is 1. The van der Waals surface area contributed by atoms with Crippen LogP contribution in [0.5, 0.6) is 11.5 Å². The van der Waals surface area contributed by atoms with Gasteiger partial charge in [0.25, 0.3) is 5.91 Å². The van der Waals surface area contributed by atoms with Gasteiger partial charge in [-0.15, -0.1) is 0 Å². The van der Waals surface area contributed by atoms with Gasteiger partial charge in [-0.2, -0.15) is 0 Å². The molecule has 0 spiro atoms. The maximum atomic E-state index is 12.8. The highest BCUT2D eigenvalue weighted by Crippen LogP contribution is 2.34. The minimum absolute atomic E-state index is 0.0635. The van der Waals surface area contributed by atoms with E-state index in [-0.39, 0.29) is 17.4 Å². The number of ether oxygens (including phenoxy) is 2. The molecule has 1 heterocycles. The lowest BCUT2D eigenvalue weighted by Crippen LogP contribution is -2.46. The number of benzene rings is 2. The molecule has 1 N–H and O–H groups in total. The lowest BCUT2D eigenvalue weighted by Gasteiger charge is -2.31. The van der Waals surface area contributed by atoms with Gasteiger partial charge in [-0.1, -0.05) is 51.1 Å². The van der Waals surface area contributed by atoms with Gasteiger partial charge in [0.15, 0.2) is 11.5 Å². The van der Waals surface area contributed by atoms with Gasteiger partial charge in [-0.3, -0.25) is 4.79 Å². The smallest absolute Gasteiger partial charge is 0.269 e. The summed E-state index contributed by atoms with van der Waals surface area (Å²) < 4.78 is 11.7. The Hall–Kier alpha value is -2.49. The van der Waals surface area contributed by atoms with E-state index in [1.54, 1.807) is 0 Å². The highest BCUT2D eigenvalue weighted by atomic mass is 16.6. The van der Waals surface area contributed by atoms with E-state index >= 15 is 0 Å². The predicted octanol–water partition coefficient (Wildman–Crippen LogP) is 4.15. The molecule has 0 unspecified atom stereocenters. The Morgan fingerprint density at radius 1 is 0.958 bits per heavy atom. The zero-order valence-electron chi connectivity index (χ0n) is 14.5. The summed E-state index contributed by atoms with van der Waals surface area (Å²) >= 11 is 0. The molecule has 3 rings (SSSR count). The van der Waals surface area contributed by atoms with Crippen molar-refractivity contribution in [3.05, 3.63) is 54.1 Å². The summed E-state index contributed by atoms with van der Waals surface area (Å²) in [5.41, 5.74) is 1.83. The third-order valence-electron chi connectivity index (χ3n) is 4.09. The van der Waals surface area contributed by atoms with Gasteiger partial charge in [-0.25, -0.2) is 0 Å². The van der Waals surface area contributed by atoms with Crippen LogP contribution in [0.25, 0.3) is 0 Å². The zero-order chi connectivity index (χ0) is 17.3. The van der Waals surface area contributed by atoms with Crippen molar-refractivity contribution in [2.75, 3.05) is 5.32 Å². The standard InChI is InChI=1S/C20H23NO3/c1-13-18(24-17-12-8-7-11-16(17)23-13)19(22)21-15-10-6-5-9-14(15)20(2,3)4/h5-13,18H,1-4H3,(H,21,22)/t13-,18-/m0/s1. The number of carbonyl (C=O) groups excluding carboxylic acids is 1. The molecule has 0 saturated carbocycles. The normalized spacial score (nSPS) is 19.7. The van der Waals surface area contributed by atoms with Crippen LogP contribution in [0.4, 0.5) is 5.69 Å². The maximum Gasteiger partial charge on any atom is 0.269 e. The minimum atomic E-state index is -0.687. The molecule has 2 aromatic carbocycles. The molecule has 1 aliphatic rings. The fraction of sp³-hybridized carbons (Fsp3) is 0.350. The SMILES string of the molecule is C[C@@H]1Oc2ccccc2O[C@@H]1C(=O)Nc1ccccc1C(C)(C)C. The molecular weight excluding hydrogens is 302 g/mol. The molecule has 4 nitrogen and oxygen atoms in total. The van der Waals surface area contributed by atoms with Gasteiger partial charge in [0.1, 0.15) is 6.10 Å². The van der Waals surface area contributed by atoms with E-state index in [0.717, 1.165) is 11.3 Å². The van der Waals surface area contributed by atoms with E-state index in [4.69, 9.17) is 9.47 Å². The second kappa shape index (κ2) is 6.19. The summed E-state index contributed by atoms with van der Waals surface area (Å²) in [6, 6.07) is 15.3. The number of fused-ring (bicyclic) bond motifs is 1. The van der Waals surface area contributed by atoms with Gasteiger partial charge in [0, 0.05) is 5.69 Å². The molecule has 0 fully saturated rings. The number of anilines is 1. The van der Waals surface area contributed by atoms with Crippen molar-refractivity contribution in [3.63, 3.8) is 0 Å². The summed E-state index contributed by atoms with van der Waals surface area (Å²) in [5, 5.41) is 3.00. The average molecular weight is 325 g/mol. The second-order valence-electron chi connectivity index (χ2n) is 7.09. The molecular formula is C20H23NO3. The van der Waals surface area contributed by atoms with Crippen molar-refractivity contribution in [3.8, 4) is 11.5 Å². The van der Waals surface area contributed by atoms with Crippen LogP contribution in [0.3, 0.4) is 0 Å². The third-order valence-corrected chi connectivity index (χ3v) is 4.09. The molecule has 4 heteroatoms. The number of nitrogens with one attached hydrogen (secondary N) is 1. The van der Waals surface area contributed by atoms with Gasteiger partial charge in [-0.05, 0) is 36.1 Å². The minimum Gasteiger partial charge on any atom is -0.482 e. The Kier molecular flexibility index (Phi) is 4.22. The van der Waals surface area contributed by atoms with E-state index in [9.17, 15) is 4.79 Å². The quantitative estimate of drug-likeness (QED) is 0.902. The number of hydrogen-bond acceptors (Lipinski definition) is 3. The zero-order valence-corrected chi connectivity index (χ0v) is 14.5. The topological polar surface area (TPSA) is 47.6 Å². The molecule has 2 atom stereocenters. The van der Waals surface area contributed by atoms with Crippen molar-refractivity contribution >= 4 is 11.6 Å². The maximum absolute atomic E-state index is 12.8. The average Bonchev–Trinajstić information content (AvgIpc) is 2.53. The van der Waals surface area contributed by atoms with E-state index in [0.29, 0.717) is 11.5 Å². The Morgan fingerprint density at radius 2 is 1.54 bits per heavy atom. The number of para-hydroxylation sites is 3. The summed E-state index contributed by atoms with van der Waals surface area (Å²) in [4.78, 5) is 12.8. The first-order chi connectivity index (χ1) is 11.4. The van der Waals surface area contributed by atoms with Crippen LogP contribution in [0.15, 0.2) is 48.5 Å². The Bertz CT molecular complexity index is 749. The van der Waals surface area contributed by atoms with Crippen LogP contribution >= 0.6 is 0 Å². The first kappa shape index (κ1) is 16.4. The Balaban J connectivity index is 1.82. The van der Waals surface area contributed by atoms with E-state index in [1.165, 1.54) is 0 Å². The fourth-order valence-electron chi connectivity index (χ4n) is 2.86. The van der Waals surface area contributed by atoms with Gasteiger partial charge < -0.3 is 14.8 Å². The van der Waals surface area contributed by atoms with E-state index in [1.807, 2.05) is 55.5 Å². The summed E-state index contributed by atoms with van der Waals surface area (Å²) in [5.74, 6) is 1.07. The molecule has 2 aromatic rings. The molecule has 0 aromatic heterocycles. The molecule has 0 bridgehead atoms. The lowest BCUT2D eigenvalue weighted by molar-refractivity contribution is -0.128. The van der Waals surface area contributed by atoms with Crippen molar-refractivity contribution in [1.82, 2.24) is 0 Å². The molecule has 1 amide bonds. The highest BCUT2D eigenvalue weighted by Gasteiger charge is 2.34. The number of carbonyl (C=O) groups is 1. The molecule has 0 saturated heterocycles. The van der Waals surface area contributed by atoms with E-state index in [2.05, 4.69) is 26.1 Å². The lowest BCUT2D eigenvalue weighted by atomic mass is 9.86. The van der Waals surface area contributed by atoms with Gasteiger partial charge >= 0.3 is 0 Å². The van der Waals surface area contributed by atoms with Crippen LogP contribution in [-0.2, 0) is 10.2 Å². The molecule has 1 aliphatic heterocycles. The first-order valence-electron chi connectivity index (χ1n) is 8.19. The monoisotopic (exact) mass is 325 g/mol. The summed E-state index contributed by atoms with van der Waals surface area (Å²) in [7, 11) is 0. The second-order valence-corrected chi connectivity index (χ2v) is 7.09.